The van der Waals surface area contributed by atoms with Crippen molar-refractivity contribution >= 4 is 48.1 Å². The van der Waals surface area contributed by atoms with E-state index < -0.39 is 72.0 Å². The lowest BCUT2D eigenvalue weighted by Gasteiger charge is -2.33. The molecule has 5 amide bonds. The van der Waals surface area contributed by atoms with E-state index in [2.05, 4.69) is 28.6 Å². The van der Waals surface area contributed by atoms with Crippen LogP contribution in [0, 0.1) is 5.92 Å². The van der Waals surface area contributed by atoms with Gasteiger partial charge in [0.25, 0.3) is 0 Å². The third-order valence-electron chi connectivity index (χ3n) is 9.10. The summed E-state index contributed by atoms with van der Waals surface area (Å²) in [6.45, 7) is 5.63. The van der Waals surface area contributed by atoms with Crippen LogP contribution in [0.4, 0.5) is 0 Å². The van der Waals surface area contributed by atoms with Crippen molar-refractivity contribution in [2.24, 2.45) is 11.7 Å². The van der Waals surface area contributed by atoms with Crippen molar-refractivity contribution in [3.8, 4) is 0 Å². The lowest BCUT2D eigenvalue weighted by molar-refractivity contribution is -0.147. The van der Waals surface area contributed by atoms with Crippen LogP contribution in [0.3, 0.4) is 0 Å². The first-order chi connectivity index (χ1) is 22.8. The number of carboxylic acid groups (broad SMARTS) is 1. The van der Waals surface area contributed by atoms with Gasteiger partial charge in [0, 0.05) is 25.3 Å². The Morgan fingerprint density at radius 1 is 0.979 bits per heavy atom. The van der Waals surface area contributed by atoms with Crippen molar-refractivity contribution in [3.63, 3.8) is 0 Å². The second-order valence-corrected chi connectivity index (χ2v) is 13.1. The summed E-state index contributed by atoms with van der Waals surface area (Å²) >= 11 is 3.97. The van der Waals surface area contributed by atoms with Gasteiger partial charge in [-0.25, -0.2) is 4.79 Å². The fraction of sp³-hybridized carbons (Fsp3) is 0.636. The van der Waals surface area contributed by atoms with Gasteiger partial charge in [-0.2, -0.15) is 12.6 Å². The predicted molar refractivity (Wildman–Crippen MR) is 181 cm³/mol. The number of carbonyl (C=O) groups excluding carboxylic acids is 5. The zero-order valence-corrected chi connectivity index (χ0v) is 28.7. The minimum atomic E-state index is -1.26. The average Bonchev–Trinajstić information content (AvgIpc) is 3.72. The molecule has 0 bridgehead atoms. The topological polar surface area (TPSA) is 211 Å². The number of aliphatic hydroxyl groups excluding tert-OH is 1. The smallest absolute Gasteiger partial charge is 0.327 e. The highest BCUT2D eigenvalue weighted by Crippen LogP contribution is 2.26. The molecule has 0 saturated carbocycles. The van der Waals surface area contributed by atoms with Gasteiger partial charge in [-0.3, -0.25) is 24.0 Å². The van der Waals surface area contributed by atoms with Gasteiger partial charge in [-0.1, -0.05) is 63.9 Å². The van der Waals surface area contributed by atoms with Crippen molar-refractivity contribution in [2.45, 2.75) is 108 Å². The maximum absolute atomic E-state index is 13.9. The summed E-state index contributed by atoms with van der Waals surface area (Å²) in [5, 5.41) is 27.7. The number of nitrogens with zero attached hydrogens (tertiary/aromatic N) is 2. The minimum absolute atomic E-state index is 0.0538. The highest BCUT2D eigenvalue weighted by molar-refractivity contribution is 7.80. The fourth-order valence-electron chi connectivity index (χ4n) is 6.18. The highest BCUT2D eigenvalue weighted by atomic mass is 32.1. The van der Waals surface area contributed by atoms with Crippen LogP contribution in [-0.2, 0) is 35.2 Å². The molecule has 14 nitrogen and oxygen atoms in total. The van der Waals surface area contributed by atoms with Gasteiger partial charge in [0.05, 0.1) is 12.1 Å². The summed E-state index contributed by atoms with van der Waals surface area (Å²) in [4.78, 5) is 81.6. The number of nitrogens with two attached hydrogens (primary N) is 1. The largest absolute Gasteiger partial charge is 0.480 e. The SMILES string of the molecule is CCC[C@H](NC(=O)[C@@H](NC(=O)[C@@H]1C[C@@H](O)CN1C(=O)[C@@H]1CCCN1C(=O)[C@@H](N)Cc1ccccc1)[C@@H](C)CC)C(=O)N[C@@H](CS)C(=O)O. The van der Waals surface area contributed by atoms with Crippen molar-refractivity contribution in [1.82, 2.24) is 25.8 Å². The van der Waals surface area contributed by atoms with Crippen molar-refractivity contribution in [2.75, 3.05) is 18.8 Å². The fourth-order valence-corrected chi connectivity index (χ4v) is 6.43. The van der Waals surface area contributed by atoms with Gasteiger partial charge in [0.1, 0.15) is 30.2 Å². The monoisotopic (exact) mass is 690 g/mol. The highest BCUT2D eigenvalue weighted by Gasteiger charge is 2.46. The Hall–Kier alpha value is -3.69. The second-order valence-electron chi connectivity index (χ2n) is 12.7. The van der Waals surface area contributed by atoms with Crippen molar-refractivity contribution in [1.29, 1.82) is 0 Å². The molecule has 3 rings (SSSR count). The van der Waals surface area contributed by atoms with Crippen LogP contribution in [-0.4, -0.2) is 117 Å². The molecule has 266 valence electrons. The van der Waals surface area contributed by atoms with Crippen LogP contribution in [0.2, 0.25) is 0 Å². The van der Waals surface area contributed by atoms with E-state index in [9.17, 15) is 39.0 Å². The molecule has 1 aromatic carbocycles. The number of β-amino-alcohol motifs (C(OH)–C–C–N with tert-alkyl or cyclic N) is 1. The minimum Gasteiger partial charge on any atom is -0.480 e. The molecule has 0 aromatic heterocycles. The van der Waals surface area contributed by atoms with E-state index in [1.165, 1.54) is 9.80 Å². The Balaban J connectivity index is 1.73. The van der Waals surface area contributed by atoms with E-state index in [4.69, 9.17) is 5.73 Å². The van der Waals surface area contributed by atoms with Crippen LogP contribution in [0.25, 0.3) is 0 Å². The van der Waals surface area contributed by atoms with Gasteiger partial charge < -0.3 is 41.7 Å². The van der Waals surface area contributed by atoms with Crippen LogP contribution in [0.1, 0.15) is 64.9 Å². The Bertz CT molecular complexity index is 1300. The second kappa shape index (κ2) is 18.2. The average molecular weight is 691 g/mol. The van der Waals surface area contributed by atoms with E-state index in [0.29, 0.717) is 38.6 Å². The number of likely N-dealkylation sites (tertiary alicyclic amines) is 2. The molecule has 2 saturated heterocycles. The summed E-state index contributed by atoms with van der Waals surface area (Å²) in [7, 11) is 0. The number of hydrogen-bond donors (Lipinski definition) is 7. The van der Waals surface area contributed by atoms with E-state index in [1.807, 2.05) is 37.3 Å². The number of aliphatic hydroxyl groups is 1. The summed E-state index contributed by atoms with van der Waals surface area (Å²) < 4.78 is 0. The molecule has 2 heterocycles. The Morgan fingerprint density at radius 3 is 2.25 bits per heavy atom. The molecule has 0 radical (unpaired) electrons. The van der Waals surface area contributed by atoms with E-state index >= 15 is 0 Å². The summed E-state index contributed by atoms with van der Waals surface area (Å²) in [6, 6.07) is 3.14. The first-order valence-corrected chi connectivity index (χ1v) is 17.3. The van der Waals surface area contributed by atoms with Crippen LogP contribution >= 0.6 is 12.6 Å². The van der Waals surface area contributed by atoms with Gasteiger partial charge in [0.15, 0.2) is 0 Å². The number of thiol groups is 1. The number of benzene rings is 1. The molecule has 0 spiro atoms. The zero-order valence-electron chi connectivity index (χ0n) is 27.8. The number of carboxylic acids is 1. The number of nitrogens with one attached hydrogen (secondary N) is 3. The van der Waals surface area contributed by atoms with Gasteiger partial charge >= 0.3 is 5.97 Å². The predicted octanol–water partition coefficient (Wildman–Crippen LogP) is -0.176. The van der Waals surface area contributed by atoms with Crippen LogP contribution < -0.4 is 21.7 Å². The first kappa shape index (κ1) is 38.8. The Kier molecular flexibility index (Phi) is 14.7. The molecule has 7 N–H and O–H groups in total. The third kappa shape index (κ3) is 9.92. The van der Waals surface area contributed by atoms with E-state index in [1.54, 1.807) is 13.8 Å². The molecule has 48 heavy (non-hydrogen) atoms. The first-order valence-electron chi connectivity index (χ1n) is 16.7. The molecule has 8 atom stereocenters. The normalized spacial score (nSPS) is 22.2. The third-order valence-corrected chi connectivity index (χ3v) is 9.47. The number of aliphatic carboxylic acids is 1. The van der Waals surface area contributed by atoms with Crippen molar-refractivity contribution in [3.05, 3.63) is 35.9 Å². The molecule has 0 aliphatic carbocycles. The maximum Gasteiger partial charge on any atom is 0.327 e. The lowest BCUT2D eigenvalue weighted by Crippen LogP contribution is -2.60. The molecule has 15 heteroatoms. The standard InChI is InChI=1S/C33H50N6O8S/c1-4-10-23(28(41)36-24(18-48)33(46)47)35-30(43)27(19(3)5-2)37-29(42)26-16-21(40)17-39(26)32(45)25-13-9-14-38(25)31(44)22(34)15-20-11-7-6-8-12-20/h6-8,11-12,19,21-27,40,48H,4-5,9-10,13-18,34H2,1-3H3,(H,35,43)(H,36,41)(H,37,42)(H,46,47)/t19-,21+,22-,23-,24-,25-,26-,27-/m0/s1. The van der Waals surface area contributed by atoms with Crippen LogP contribution in [0.15, 0.2) is 30.3 Å². The van der Waals surface area contributed by atoms with Crippen molar-refractivity contribution < 1.29 is 39.0 Å². The Labute approximate surface area is 286 Å². The number of rotatable bonds is 16. The summed E-state index contributed by atoms with van der Waals surface area (Å²) in [6.07, 6.45) is 1.45. The quantitative estimate of drug-likeness (QED) is 0.115. The van der Waals surface area contributed by atoms with E-state index in [0.717, 1.165) is 5.56 Å². The molecule has 2 aliphatic rings. The van der Waals surface area contributed by atoms with Gasteiger partial charge in [-0.15, -0.1) is 0 Å². The zero-order chi connectivity index (χ0) is 35.5. The summed E-state index contributed by atoms with van der Waals surface area (Å²) in [5.41, 5.74) is 7.16. The summed E-state index contributed by atoms with van der Waals surface area (Å²) in [5.74, 6) is -4.58. The number of amides is 5. The lowest BCUT2D eigenvalue weighted by atomic mass is 9.97. The number of hydrogen-bond acceptors (Lipinski definition) is 9. The molecule has 0 unspecified atom stereocenters. The molecule has 2 aliphatic heterocycles. The molecular weight excluding hydrogens is 640 g/mol. The Morgan fingerprint density at radius 2 is 1.65 bits per heavy atom. The van der Waals surface area contributed by atoms with Gasteiger partial charge in [-0.05, 0) is 37.2 Å². The maximum atomic E-state index is 13.9. The number of carbonyl (C=O) groups is 6. The molecule has 2 fully saturated rings. The van der Waals surface area contributed by atoms with Crippen LogP contribution in [0.5, 0.6) is 0 Å². The van der Waals surface area contributed by atoms with E-state index in [-0.39, 0.29) is 37.0 Å². The van der Waals surface area contributed by atoms with Gasteiger partial charge in [0.2, 0.25) is 29.5 Å². The molecule has 1 aromatic rings. The molecular formula is C33H50N6O8S.